The van der Waals surface area contributed by atoms with Gasteiger partial charge in [0, 0.05) is 5.69 Å². The molecule has 1 N–H and O–H groups in total. The first-order valence-corrected chi connectivity index (χ1v) is 8.91. The predicted molar refractivity (Wildman–Crippen MR) is 106 cm³/mol. The molecule has 0 radical (unpaired) electrons. The van der Waals surface area contributed by atoms with Crippen molar-refractivity contribution in [2.75, 3.05) is 11.9 Å². The Hall–Kier alpha value is -3.07. The second-order valence-electron chi connectivity index (χ2n) is 6.12. The Kier molecular flexibility index (Phi) is 6.05. The number of anilines is 1. The van der Waals surface area contributed by atoms with Crippen LogP contribution in [0.5, 0.6) is 5.75 Å². The molecular weight excluding hydrogens is 322 g/mol. The second-order valence-corrected chi connectivity index (χ2v) is 6.12. The van der Waals surface area contributed by atoms with E-state index in [1.165, 1.54) is 0 Å². The fraction of sp³-hybridized carbons (Fsp3) is 0.174. The zero-order valence-electron chi connectivity index (χ0n) is 14.9. The van der Waals surface area contributed by atoms with Crippen LogP contribution in [0.25, 0.3) is 0 Å². The highest BCUT2D eigenvalue weighted by Crippen LogP contribution is 2.26. The van der Waals surface area contributed by atoms with E-state index in [0.29, 0.717) is 6.61 Å². The van der Waals surface area contributed by atoms with Crippen molar-refractivity contribution < 1.29 is 9.53 Å². The van der Waals surface area contributed by atoms with Crippen molar-refractivity contribution in [2.24, 2.45) is 0 Å². The Balaban J connectivity index is 1.80. The maximum Gasteiger partial charge on any atom is 0.236 e. The smallest absolute Gasteiger partial charge is 0.236 e. The molecule has 3 aromatic carbocycles. The van der Waals surface area contributed by atoms with Crippen LogP contribution in [0.15, 0.2) is 84.9 Å². The van der Waals surface area contributed by atoms with Gasteiger partial charge in [-0.1, -0.05) is 67.6 Å². The average Bonchev–Trinajstić information content (AvgIpc) is 2.69. The minimum atomic E-state index is -0.353. The van der Waals surface area contributed by atoms with Gasteiger partial charge in [-0.25, -0.2) is 0 Å². The summed E-state index contributed by atoms with van der Waals surface area (Å²) < 4.78 is 5.59. The van der Waals surface area contributed by atoms with Gasteiger partial charge < -0.3 is 10.1 Å². The monoisotopic (exact) mass is 345 g/mol. The van der Waals surface area contributed by atoms with Gasteiger partial charge >= 0.3 is 0 Å². The summed E-state index contributed by atoms with van der Waals surface area (Å²) in [6.07, 6.45) is 0.967. The lowest BCUT2D eigenvalue weighted by atomic mass is 9.90. The highest BCUT2D eigenvalue weighted by molar-refractivity contribution is 5.98. The highest BCUT2D eigenvalue weighted by atomic mass is 16.5. The van der Waals surface area contributed by atoms with Gasteiger partial charge in [-0.2, -0.15) is 0 Å². The maximum atomic E-state index is 13.0. The van der Waals surface area contributed by atoms with Crippen molar-refractivity contribution in [3.63, 3.8) is 0 Å². The summed E-state index contributed by atoms with van der Waals surface area (Å²) in [5.74, 6) is 0.408. The Morgan fingerprint density at radius 3 is 1.88 bits per heavy atom. The lowest BCUT2D eigenvalue weighted by molar-refractivity contribution is -0.116. The molecule has 0 heterocycles. The number of nitrogens with one attached hydrogen (secondary N) is 1. The van der Waals surface area contributed by atoms with E-state index in [1.54, 1.807) is 0 Å². The van der Waals surface area contributed by atoms with Crippen LogP contribution in [-0.4, -0.2) is 12.5 Å². The van der Waals surface area contributed by atoms with Crippen molar-refractivity contribution >= 4 is 11.6 Å². The van der Waals surface area contributed by atoms with Gasteiger partial charge in [0.25, 0.3) is 0 Å². The number of benzene rings is 3. The fourth-order valence-corrected chi connectivity index (χ4v) is 2.86. The molecule has 0 aliphatic heterocycles. The molecule has 0 saturated carbocycles. The van der Waals surface area contributed by atoms with E-state index < -0.39 is 0 Å². The third-order valence-corrected chi connectivity index (χ3v) is 4.12. The van der Waals surface area contributed by atoms with Gasteiger partial charge in [-0.05, 0) is 41.8 Å². The third kappa shape index (κ3) is 4.51. The largest absolute Gasteiger partial charge is 0.494 e. The number of hydrogen-bond acceptors (Lipinski definition) is 2. The van der Waals surface area contributed by atoms with Gasteiger partial charge in [-0.15, -0.1) is 0 Å². The first kappa shape index (κ1) is 17.7. The van der Waals surface area contributed by atoms with Gasteiger partial charge in [0.2, 0.25) is 5.91 Å². The maximum absolute atomic E-state index is 13.0. The molecular formula is C23H23NO2. The first-order valence-electron chi connectivity index (χ1n) is 8.91. The molecule has 0 saturated heterocycles. The minimum Gasteiger partial charge on any atom is -0.494 e. The van der Waals surface area contributed by atoms with Gasteiger partial charge in [-0.3, -0.25) is 4.79 Å². The summed E-state index contributed by atoms with van der Waals surface area (Å²) in [4.78, 5) is 13.0. The Morgan fingerprint density at radius 2 is 1.38 bits per heavy atom. The lowest BCUT2D eigenvalue weighted by Crippen LogP contribution is -2.22. The summed E-state index contributed by atoms with van der Waals surface area (Å²) in [5.41, 5.74) is 2.70. The first-order chi connectivity index (χ1) is 12.8. The summed E-state index contributed by atoms with van der Waals surface area (Å²) in [6, 6.07) is 27.2. The molecule has 3 aromatic rings. The van der Waals surface area contributed by atoms with Crippen LogP contribution in [0, 0.1) is 0 Å². The standard InChI is InChI=1S/C23H23NO2/c1-2-17-26-21-15-13-20(14-16-21)24-23(25)22(18-9-5-3-6-10-18)19-11-7-4-8-12-19/h3-16,22H,2,17H2,1H3,(H,24,25). The van der Waals surface area contributed by atoms with E-state index in [-0.39, 0.29) is 11.8 Å². The molecule has 132 valence electrons. The Bertz CT molecular complexity index is 774. The summed E-state index contributed by atoms with van der Waals surface area (Å²) in [5, 5.41) is 3.03. The highest BCUT2D eigenvalue weighted by Gasteiger charge is 2.22. The number of carbonyl (C=O) groups is 1. The van der Waals surface area contributed by atoms with Crippen LogP contribution < -0.4 is 10.1 Å². The molecule has 3 rings (SSSR count). The van der Waals surface area contributed by atoms with Crippen LogP contribution >= 0.6 is 0 Å². The number of hydrogen-bond donors (Lipinski definition) is 1. The molecule has 26 heavy (non-hydrogen) atoms. The van der Waals surface area contributed by atoms with E-state index in [1.807, 2.05) is 84.9 Å². The Labute approximate surface area is 154 Å². The molecule has 0 atom stereocenters. The van der Waals surface area contributed by atoms with E-state index in [9.17, 15) is 4.79 Å². The van der Waals surface area contributed by atoms with Crippen molar-refractivity contribution in [1.82, 2.24) is 0 Å². The minimum absolute atomic E-state index is 0.0513. The van der Waals surface area contributed by atoms with Crippen LogP contribution in [0.4, 0.5) is 5.69 Å². The third-order valence-electron chi connectivity index (χ3n) is 4.12. The van der Waals surface area contributed by atoms with E-state index in [4.69, 9.17) is 4.74 Å². The summed E-state index contributed by atoms with van der Waals surface area (Å²) in [6.45, 7) is 2.76. The topological polar surface area (TPSA) is 38.3 Å². The average molecular weight is 345 g/mol. The predicted octanol–water partition coefficient (Wildman–Crippen LogP) is 5.25. The molecule has 0 unspecified atom stereocenters. The molecule has 0 aromatic heterocycles. The van der Waals surface area contributed by atoms with Crippen molar-refractivity contribution in [3.8, 4) is 5.75 Å². The van der Waals surface area contributed by atoms with Gasteiger partial charge in [0.15, 0.2) is 0 Å². The van der Waals surface area contributed by atoms with Crippen LogP contribution in [0.3, 0.4) is 0 Å². The summed E-state index contributed by atoms with van der Waals surface area (Å²) in [7, 11) is 0. The normalized spacial score (nSPS) is 10.5. The molecule has 1 amide bonds. The molecule has 0 spiro atoms. The fourth-order valence-electron chi connectivity index (χ4n) is 2.86. The number of rotatable bonds is 7. The molecule has 0 aliphatic carbocycles. The molecule has 0 bridgehead atoms. The van der Waals surface area contributed by atoms with E-state index in [2.05, 4.69) is 12.2 Å². The second kappa shape index (κ2) is 8.86. The van der Waals surface area contributed by atoms with Crippen LogP contribution in [0.1, 0.15) is 30.4 Å². The van der Waals surface area contributed by atoms with Crippen LogP contribution in [0.2, 0.25) is 0 Å². The summed E-state index contributed by atoms with van der Waals surface area (Å²) >= 11 is 0. The molecule has 0 aliphatic rings. The van der Waals surface area contributed by atoms with Crippen molar-refractivity contribution in [3.05, 3.63) is 96.1 Å². The van der Waals surface area contributed by atoms with E-state index in [0.717, 1.165) is 29.0 Å². The van der Waals surface area contributed by atoms with Gasteiger partial charge in [0.05, 0.1) is 12.5 Å². The SMILES string of the molecule is CCCOc1ccc(NC(=O)C(c2ccccc2)c2ccccc2)cc1. The Morgan fingerprint density at radius 1 is 0.846 bits per heavy atom. The van der Waals surface area contributed by atoms with Crippen LogP contribution in [-0.2, 0) is 4.79 Å². The van der Waals surface area contributed by atoms with Crippen molar-refractivity contribution in [1.29, 1.82) is 0 Å². The molecule has 3 heteroatoms. The zero-order valence-corrected chi connectivity index (χ0v) is 14.9. The number of carbonyl (C=O) groups excluding carboxylic acids is 1. The number of amides is 1. The zero-order chi connectivity index (χ0) is 18.2. The van der Waals surface area contributed by atoms with Gasteiger partial charge in [0.1, 0.15) is 5.75 Å². The van der Waals surface area contributed by atoms with E-state index >= 15 is 0 Å². The molecule has 0 fully saturated rings. The molecule has 3 nitrogen and oxygen atoms in total. The quantitative estimate of drug-likeness (QED) is 0.635. The lowest BCUT2D eigenvalue weighted by Gasteiger charge is -2.18. The van der Waals surface area contributed by atoms with Crippen molar-refractivity contribution in [2.45, 2.75) is 19.3 Å². The number of ether oxygens (including phenoxy) is 1.